The van der Waals surface area contributed by atoms with E-state index in [2.05, 4.69) is 20.2 Å². The Bertz CT molecular complexity index is 783. The molecule has 0 radical (unpaired) electrons. The fourth-order valence-electron chi connectivity index (χ4n) is 2.09. The van der Waals surface area contributed by atoms with Gasteiger partial charge in [-0.05, 0) is 18.2 Å². The first kappa shape index (κ1) is 15.8. The molecule has 0 aliphatic rings. The molecular formula is C17H17ClN4S. The first-order valence-electron chi connectivity index (χ1n) is 7.20. The number of pyridine rings is 1. The Labute approximate surface area is 144 Å². The van der Waals surface area contributed by atoms with Crippen LogP contribution in [0.15, 0.2) is 48.8 Å². The molecule has 2 heterocycles. The number of nitrogens with zero attached hydrogens (tertiary/aromatic N) is 3. The largest absolute Gasteiger partial charge is 0.378 e. The molecule has 118 valence electrons. The van der Waals surface area contributed by atoms with Gasteiger partial charge in [0.2, 0.25) is 0 Å². The molecule has 0 aliphatic carbocycles. The molecule has 0 saturated heterocycles. The minimum absolute atomic E-state index is 0.704. The highest BCUT2D eigenvalue weighted by molar-refractivity contribution is 7.15. The first-order valence-corrected chi connectivity index (χ1v) is 8.39. The lowest BCUT2D eigenvalue weighted by Crippen LogP contribution is -2.09. The Hall–Kier alpha value is -2.11. The summed E-state index contributed by atoms with van der Waals surface area (Å²) in [6.45, 7) is 0.704. The van der Waals surface area contributed by atoms with E-state index < -0.39 is 0 Å². The third-order valence-electron chi connectivity index (χ3n) is 3.35. The van der Waals surface area contributed by atoms with Crippen molar-refractivity contribution >= 4 is 34.4 Å². The topological polar surface area (TPSA) is 41.1 Å². The van der Waals surface area contributed by atoms with Crippen LogP contribution in [0.3, 0.4) is 0 Å². The molecule has 0 bridgehead atoms. The van der Waals surface area contributed by atoms with Gasteiger partial charge in [-0.1, -0.05) is 23.7 Å². The van der Waals surface area contributed by atoms with E-state index in [1.807, 2.05) is 62.9 Å². The van der Waals surface area contributed by atoms with Gasteiger partial charge in [-0.3, -0.25) is 0 Å². The first-order chi connectivity index (χ1) is 11.1. The summed E-state index contributed by atoms with van der Waals surface area (Å²) in [6, 6.07) is 11.7. The highest BCUT2D eigenvalue weighted by atomic mass is 35.5. The van der Waals surface area contributed by atoms with Gasteiger partial charge in [0.05, 0.1) is 6.54 Å². The van der Waals surface area contributed by atoms with Crippen molar-refractivity contribution in [2.75, 3.05) is 24.3 Å². The number of benzene rings is 1. The molecule has 6 heteroatoms. The minimum atomic E-state index is 0.704. The molecule has 0 unspecified atom stereocenters. The second kappa shape index (κ2) is 6.98. The van der Waals surface area contributed by atoms with Crippen molar-refractivity contribution in [1.29, 1.82) is 0 Å². The van der Waals surface area contributed by atoms with E-state index in [4.69, 9.17) is 11.6 Å². The standard InChI is InChI=1S/C17H17ClN4S/c1-22(2)14-7-8-19-16(9-14)20-10-15-11-21-17(23-15)12-3-5-13(18)6-4-12/h3-9,11H,10H2,1-2H3,(H,19,20). The zero-order valence-electron chi connectivity index (χ0n) is 13.0. The highest BCUT2D eigenvalue weighted by Crippen LogP contribution is 2.26. The highest BCUT2D eigenvalue weighted by Gasteiger charge is 2.05. The van der Waals surface area contributed by atoms with E-state index in [0.29, 0.717) is 6.54 Å². The van der Waals surface area contributed by atoms with Crippen molar-refractivity contribution in [2.45, 2.75) is 6.54 Å². The predicted octanol–water partition coefficient (Wildman–Crippen LogP) is 4.54. The van der Waals surface area contributed by atoms with Crippen molar-refractivity contribution < 1.29 is 0 Å². The zero-order valence-corrected chi connectivity index (χ0v) is 14.5. The molecule has 0 amide bonds. The normalized spacial score (nSPS) is 10.6. The number of nitrogens with one attached hydrogen (secondary N) is 1. The molecular weight excluding hydrogens is 328 g/mol. The number of aromatic nitrogens is 2. The van der Waals surface area contributed by atoms with Crippen molar-refractivity contribution in [1.82, 2.24) is 9.97 Å². The number of hydrogen-bond acceptors (Lipinski definition) is 5. The van der Waals surface area contributed by atoms with Crippen LogP contribution >= 0.6 is 22.9 Å². The van der Waals surface area contributed by atoms with Crippen molar-refractivity contribution in [3.8, 4) is 10.6 Å². The van der Waals surface area contributed by atoms with Crippen LogP contribution in [0.1, 0.15) is 4.88 Å². The summed E-state index contributed by atoms with van der Waals surface area (Å²) in [5, 5.41) is 5.07. The second-order valence-corrected chi connectivity index (χ2v) is 6.84. The van der Waals surface area contributed by atoms with Gasteiger partial charge in [-0.2, -0.15) is 0 Å². The average molecular weight is 345 g/mol. The molecule has 4 nitrogen and oxygen atoms in total. The van der Waals surface area contributed by atoms with Gasteiger partial charge in [0.25, 0.3) is 0 Å². The maximum absolute atomic E-state index is 5.92. The molecule has 0 aliphatic heterocycles. The fourth-order valence-corrected chi connectivity index (χ4v) is 3.07. The van der Waals surface area contributed by atoms with Crippen molar-refractivity contribution in [3.05, 3.63) is 58.7 Å². The summed E-state index contributed by atoms with van der Waals surface area (Å²) in [5.41, 5.74) is 2.20. The Kier molecular flexibility index (Phi) is 4.79. The average Bonchev–Trinajstić information content (AvgIpc) is 3.03. The Morgan fingerprint density at radius 3 is 2.65 bits per heavy atom. The van der Waals surface area contributed by atoms with E-state index in [1.165, 1.54) is 0 Å². The van der Waals surface area contributed by atoms with E-state index in [0.717, 1.165) is 32.0 Å². The van der Waals surface area contributed by atoms with Gasteiger partial charge >= 0.3 is 0 Å². The van der Waals surface area contributed by atoms with Crippen LogP contribution in [-0.4, -0.2) is 24.1 Å². The zero-order chi connectivity index (χ0) is 16.2. The molecule has 0 spiro atoms. The third-order valence-corrected chi connectivity index (χ3v) is 4.65. The number of anilines is 2. The minimum Gasteiger partial charge on any atom is -0.378 e. The molecule has 0 atom stereocenters. The molecule has 23 heavy (non-hydrogen) atoms. The van der Waals surface area contributed by atoms with Gasteiger partial charge in [-0.25, -0.2) is 9.97 Å². The lowest BCUT2D eigenvalue weighted by atomic mass is 10.2. The third kappa shape index (κ3) is 4.00. The van der Waals surface area contributed by atoms with E-state index in [1.54, 1.807) is 11.3 Å². The van der Waals surface area contributed by atoms with Crippen molar-refractivity contribution in [3.63, 3.8) is 0 Å². The molecule has 1 N–H and O–H groups in total. The monoisotopic (exact) mass is 344 g/mol. The maximum Gasteiger partial charge on any atom is 0.128 e. The summed E-state index contributed by atoms with van der Waals surface area (Å²) in [5.74, 6) is 0.859. The summed E-state index contributed by atoms with van der Waals surface area (Å²) in [7, 11) is 4.03. The summed E-state index contributed by atoms with van der Waals surface area (Å²) in [6.07, 6.45) is 3.71. The van der Waals surface area contributed by atoms with Gasteiger partial charge in [0.15, 0.2) is 0 Å². The van der Waals surface area contributed by atoms with E-state index >= 15 is 0 Å². The molecule has 3 rings (SSSR count). The van der Waals surface area contributed by atoms with Crippen LogP contribution in [0, 0.1) is 0 Å². The van der Waals surface area contributed by atoms with Crippen LogP contribution in [-0.2, 0) is 6.54 Å². The van der Waals surface area contributed by atoms with Gasteiger partial charge in [0, 0.05) is 53.7 Å². The molecule has 0 fully saturated rings. The fraction of sp³-hybridized carbons (Fsp3) is 0.176. The van der Waals surface area contributed by atoms with Gasteiger partial charge in [-0.15, -0.1) is 11.3 Å². The lowest BCUT2D eigenvalue weighted by Gasteiger charge is -2.13. The number of rotatable bonds is 5. The second-order valence-electron chi connectivity index (χ2n) is 5.29. The summed E-state index contributed by atoms with van der Waals surface area (Å²) < 4.78 is 0. The number of thiazole rings is 1. The lowest BCUT2D eigenvalue weighted by molar-refractivity contribution is 1.09. The molecule has 0 saturated carbocycles. The SMILES string of the molecule is CN(C)c1ccnc(NCc2cnc(-c3ccc(Cl)cc3)s2)c1. The quantitative estimate of drug-likeness (QED) is 0.738. The van der Waals surface area contributed by atoms with Crippen LogP contribution in [0.25, 0.3) is 10.6 Å². The van der Waals surface area contributed by atoms with Crippen LogP contribution in [0.5, 0.6) is 0 Å². The van der Waals surface area contributed by atoms with Gasteiger partial charge < -0.3 is 10.2 Å². The Morgan fingerprint density at radius 2 is 1.91 bits per heavy atom. The Morgan fingerprint density at radius 1 is 1.13 bits per heavy atom. The maximum atomic E-state index is 5.92. The molecule has 2 aromatic heterocycles. The summed E-state index contributed by atoms with van der Waals surface area (Å²) in [4.78, 5) is 12.0. The number of halogens is 1. The van der Waals surface area contributed by atoms with Crippen LogP contribution in [0.2, 0.25) is 5.02 Å². The predicted molar refractivity (Wildman–Crippen MR) is 98.5 cm³/mol. The Balaban J connectivity index is 1.67. The van der Waals surface area contributed by atoms with Crippen LogP contribution < -0.4 is 10.2 Å². The number of hydrogen-bond donors (Lipinski definition) is 1. The molecule has 3 aromatic rings. The van der Waals surface area contributed by atoms with Crippen LogP contribution in [0.4, 0.5) is 11.5 Å². The van der Waals surface area contributed by atoms with E-state index in [-0.39, 0.29) is 0 Å². The molecule has 1 aromatic carbocycles. The van der Waals surface area contributed by atoms with Crippen molar-refractivity contribution in [2.24, 2.45) is 0 Å². The smallest absolute Gasteiger partial charge is 0.128 e. The summed E-state index contributed by atoms with van der Waals surface area (Å²) >= 11 is 7.59. The van der Waals surface area contributed by atoms with Gasteiger partial charge in [0.1, 0.15) is 10.8 Å². The van der Waals surface area contributed by atoms with E-state index in [9.17, 15) is 0 Å².